The summed E-state index contributed by atoms with van der Waals surface area (Å²) in [5.74, 6) is 1.15. The number of piperidine rings is 1. The van der Waals surface area contributed by atoms with E-state index < -0.39 is 0 Å². The second-order valence-corrected chi connectivity index (χ2v) is 4.39. The molecule has 1 saturated heterocycles. The predicted octanol–water partition coefficient (Wildman–Crippen LogP) is 1.19. The molecule has 2 N–H and O–H groups in total. The van der Waals surface area contributed by atoms with Crippen molar-refractivity contribution in [2.24, 2.45) is 5.92 Å². The SMILES string of the molecule is CCC1CCNC(C(=O)Nc2cnccn2)C1. The molecule has 0 bridgehead atoms. The summed E-state index contributed by atoms with van der Waals surface area (Å²) in [6.45, 7) is 3.09. The highest BCUT2D eigenvalue weighted by atomic mass is 16.2. The fourth-order valence-corrected chi connectivity index (χ4v) is 2.14. The van der Waals surface area contributed by atoms with Crippen molar-refractivity contribution in [1.82, 2.24) is 15.3 Å². The van der Waals surface area contributed by atoms with Gasteiger partial charge >= 0.3 is 0 Å². The monoisotopic (exact) mass is 234 g/mol. The summed E-state index contributed by atoms with van der Waals surface area (Å²) in [4.78, 5) is 19.9. The molecule has 2 rings (SSSR count). The van der Waals surface area contributed by atoms with Gasteiger partial charge in [-0.3, -0.25) is 9.78 Å². The van der Waals surface area contributed by atoms with Crippen molar-refractivity contribution in [3.63, 3.8) is 0 Å². The average Bonchev–Trinajstić information content (AvgIpc) is 2.40. The first-order valence-corrected chi connectivity index (χ1v) is 6.10. The van der Waals surface area contributed by atoms with Gasteiger partial charge in [0.1, 0.15) is 0 Å². The smallest absolute Gasteiger partial charge is 0.242 e. The van der Waals surface area contributed by atoms with E-state index in [1.807, 2.05) is 0 Å². The maximum absolute atomic E-state index is 12.0. The zero-order valence-electron chi connectivity index (χ0n) is 10.0. The number of hydrogen-bond acceptors (Lipinski definition) is 4. The molecule has 1 fully saturated rings. The lowest BCUT2D eigenvalue weighted by molar-refractivity contribution is -0.119. The molecule has 1 aliphatic rings. The number of carbonyl (C=O) groups excluding carboxylic acids is 1. The first-order valence-electron chi connectivity index (χ1n) is 6.10. The van der Waals surface area contributed by atoms with E-state index in [0.717, 1.165) is 25.8 Å². The lowest BCUT2D eigenvalue weighted by Crippen LogP contribution is -2.46. The standard InChI is InChI=1S/C12H18N4O/c1-2-9-3-4-14-10(7-9)12(17)16-11-8-13-5-6-15-11/h5-6,8-10,14H,2-4,7H2,1H3,(H,15,16,17). The van der Waals surface area contributed by atoms with Crippen LogP contribution in [0, 0.1) is 5.92 Å². The van der Waals surface area contributed by atoms with Crippen molar-refractivity contribution in [2.45, 2.75) is 32.2 Å². The zero-order valence-corrected chi connectivity index (χ0v) is 10.0. The minimum Gasteiger partial charge on any atom is -0.308 e. The second-order valence-electron chi connectivity index (χ2n) is 4.39. The molecule has 1 aromatic heterocycles. The van der Waals surface area contributed by atoms with E-state index >= 15 is 0 Å². The first-order chi connectivity index (χ1) is 8.29. The van der Waals surface area contributed by atoms with Crippen LogP contribution in [0.2, 0.25) is 0 Å². The lowest BCUT2D eigenvalue weighted by atomic mass is 9.90. The predicted molar refractivity (Wildman–Crippen MR) is 65.5 cm³/mol. The third-order valence-corrected chi connectivity index (χ3v) is 3.22. The number of amides is 1. The van der Waals surface area contributed by atoms with Crippen LogP contribution in [0.4, 0.5) is 5.82 Å². The topological polar surface area (TPSA) is 66.9 Å². The number of rotatable bonds is 3. The molecule has 5 nitrogen and oxygen atoms in total. The van der Waals surface area contributed by atoms with Crippen LogP contribution in [0.1, 0.15) is 26.2 Å². The van der Waals surface area contributed by atoms with E-state index in [-0.39, 0.29) is 11.9 Å². The van der Waals surface area contributed by atoms with E-state index in [0.29, 0.717) is 11.7 Å². The zero-order chi connectivity index (χ0) is 12.1. The third-order valence-electron chi connectivity index (χ3n) is 3.22. The number of hydrogen-bond donors (Lipinski definition) is 2. The van der Waals surface area contributed by atoms with Gasteiger partial charge in [-0.05, 0) is 25.3 Å². The molecule has 17 heavy (non-hydrogen) atoms. The largest absolute Gasteiger partial charge is 0.308 e. The van der Waals surface area contributed by atoms with E-state index in [4.69, 9.17) is 0 Å². The van der Waals surface area contributed by atoms with Crippen LogP contribution in [0.5, 0.6) is 0 Å². The van der Waals surface area contributed by atoms with Crippen LogP contribution in [-0.2, 0) is 4.79 Å². The molecule has 0 aromatic carbocycles. The van der Waals surface area contributed by atoms with Crippen LogP contribution in [-0.4, -0.2) is 28.5 Å². The Balaban J connectivity index is 1.91. The Kier molecular flexibility index (Phi) is 4.03. The first kappa shape index (κ1) is 12.0. The van der Waals surface area contributed by atoms with Gasteiger partial charge in [0.25, 0.3) is 0 Å². The molecule has 5 heteroatoms. The highest BCUT2D eigenvalue weighted by Crippen LogP contribution is 2.19. The molecule has 2 unspecified atom stereocenters. The Bertz CT molecular complexity index is 368. The minimum absolute atomic E-state index is 0.0105. The number of aromatic nitrogens is 2. The summed E-state index contributed by atoms with van der Waals surface area (Å²) in [6.07, 6.45) is 7.91. The van der Waals surface area contributed by atoms with Gasteiger partial charge in [0.15, 0.2) is 5.82 Å². The number of nitrogens with one attached hydrogen (secondary N) is 2. The molecule has 0 saturated carbocycles. The van der Waals surface area contributed by atoms with Crippen LogP contribution < -0.4 is 10.6 Å². The number of anilines is 1. The third kappa shape index (κ3) is 3.23. The van der Waals surface area contributed by atoms with Crippen molar-refractivity contribution in [3.05, 3.63) is 18.6 Å². The van der Waals surface area contributed by atoms with Crippen LogP contribution >= 0.6 is 0 Å². The second kappa shape index (κ2) is 5.72. The van der Waals surface area contributed by atoms with Crippen LogP contribution in [0.3, 0.4) is 0 Å². The summed E-state index contributed by atoms with van der Waals surface area (Å²) in [6, 6.07) is -0.101. The van der Waals surface area contributed by atoms with Crippen molar-refractivity contribution >= 4 is 11.7 Å². The number of nitrogens with zero attached hydrogens (tertiary/aromatic N) is 2. The van der Waals surface area contributed by atoms with Crippen molar-refractivity contribution in [2.75, 3.05) is 11.9 Å². The van der Waals surface area contributed by atoms with Gasteiger partial charge < -0.3 is 10.6 Å². The van der Waals surface area contributed by atoms with Crippen LogP contribution in [0.15, 0.2) is 18.6 Å². The molecule has 0 radical (unpaired) electrons. The Morgan fingerprint density at radius 3 is 3.18 bits per heavy atom. The highest BCUT2D eigenvalue weighted by Gasteiger charge is 2.25. The normalized spacial score (nSPS) is 24.3. The van der Waals surface area contributed by atoms with Gasteiger partial charge in [-0.1, -0.05) is 13.3 Å². The summed E-state index contributed by atoms with van der Waals surface area (Å²) >= 11 is 0. The molecular formula is C12H18N4O. The van der Waals surface area contributed by atoms with E-state index in [9.17, 15) is 4.79 Å². The maximum atomic E-state index is 12.0. The van der Waals surface area contributed by atoms with Gasteiger partial charge in [-0.15, -0.1) is 0 Å². The fourth-order valence-electron chi connectivity index (χ4n) is 2.14. The summed E-state index contributed by atoms with van der Waals surface area (Å²) in [7, 11) is 0. The summed E-state index contributed by atoms with van der Waals surface area (Å²) in [5.41, 5.74) is 0. The van der Waals surface area contributed by atoms with Gasteiger partial charge in [-0.2, -0.15) is 0 Å². The molecular weight excluding hydrogens is 216 g/mol. The summed E-state index contributed by atoms with van der Waals surface area (Å²) < 4.78 is 0. The Morgan fingerprint density at radius 1 is 1.59 bits per heavy atom. The van der Waals surface area contributed by atoms with E-state index in [2.05, 4.69) is 27.5 Å². The molecule has 1 aliphatic heterocycles. The fraction of sp³-hybridized carbons (Fsp3) is 0.583. The highest BCUT2D eigenvalue weighted by molar-refractivity contribution is 5.93. The van der Waals surface area contributed by atoms with Crippen molar-refractivity contribution in [3.8, 4) is 0 Å². The molecule has 0 aliphatic carbocycles. The quantitative estimate of drug-likeness (QED) is 0.824. The average molecular weight is 234 g/mol. The maximum Gasteiger partial charge on any atom is 0.242 e. The molecule has 1 aromatic rings. The van der Waals surface area contributed by atoms with Crippen LogP contribution in [0.25, 0.3) is 0 Å². The van der Waals surface area contributed by atoms with Crippen molar-refractivity contribution in [1.29, 1.82) is 0 Å². The van der Waals surface area contributed by atoms with Gasteiger partial charge in [-0.25, -0.2) is 4.98 Å². The van der Waals surface area contributed by atoms with Gasteiger partial charge in [0.2, 0.25) is 5.91 Å². The van der Waals surface area contributed by atoms with E-state index in [1.165, 1.54) is 0 Å². The molecule has 2 atom stereocenters. The summed E-state index contributed by atoms with van der Waals surface area (Å²) in [5, 5.41) is 6.02. The molecule has 2 heterocycles. The Morgan fingerprint density at radius 2 is 2.47 bits per heavy atom. The van der Waals surface area contributed by atoms with E-state index in [1.54, 1.807) is 18.6 Å². The minimum atomic E-state index is -0.101. The molecule has 1 amide bonds. The molecule has 0 spiro atoms. The van der Waals surface area contributed by atoms with Gasteiger partial charge in [0.05, 0.1) is 12.2 Å². The number of carbonyl (C=O) groups is 1. The van der Waals surface area contributed by atoms with Gasteiger partial charge in [0, 0.05) is 12.4 Å². The lowest BCUT2D eigenvalue weighted by Gasteiger charge is -2.28. The Labute approximate surface area is 101 Å². The Hall–Kier alpha value is -1.49. The molecule has 92 valence electrons. The van der Waals surface area contributed by atoms with Crippen molar-refractivity contribution < 1.29 is 4.79 Å².